The molecule has 0 bridgehead atoms. The molecule has 3 aromatic rings. The number of carbonyl (C=O) groups is 1. The lowest BCUT2D eigenvalue weighted by Gasteiger charge is -2.33. The fourth-order valence-electron chi connectivity index (χ4n) is 3.73. The largest absolute Gasteiger partial charge is 0.508 e. The first-order chi connectivity index (χ1) is 16.8. The molecule has 2 heterocycles. The average Bonchev–Trinajstić information content (AvgIpc) is 2.86. The number of para-hydroxylation sites is 2. The summed E-state index contributed by atoms with van der Waals surface area (Å²) in [5.41, 5.74) is 0.680. The summed E-state index contributed by atoms with van der Waals surface area (Å²) in [5.74, 6) is 0.569. The number of ether oxygens (including phenoxy) is 4. The Morgan fingerprint density at radius 2 is 1.66 bits per heavy atom. The number of aliphatic hydroxyl groups excluding tert-OH is 2. The van der Waals surface area contributed by atoms with Crippen LogP contribution in [0.25, 0.3) is 0 Å². The van der Waals surface area contributed by atoms with E-state index in [1.807, 2.05) is 18.2 Å². The van der Waals surface area contributed by atoms with Crippen molar-refractivity contribution in [2.45, 2.75) is 18.3 Å². The third kappa shape index (κ3) is 4.88. The number of ketones is 1. The number of methoxy groups -OCH3 is 1. The smallest absolute Gasteiger partial charge is 0.202 e. The van der Waals surface area contributed by atoms with Crippen LogP contribution in [0.1, 0.15) is 22.0 Å². The minimum Gasteiger partial charge on any atom is -0.508 e. The minimum absolute atomic E-state index is 0.0546. The van der Waals surface area contributed by atoms with E-state index in [0.717, 1.165) is 11.6 Å². The van der Waals surface area contributed by atoms with Gasteiger partial charge in [0.05, 0.1) is 13.7 Å². The summed E-state index contributed by atoms with van der Waals surface area (Å²) in [4.78, 5) is 11.4. The van der Waals surface area contributed by atoms with Crippen molar-refractivity contribution in [3.05, 3.63) is 65.7 Å². The zero-order valence-corrected chi connectivity index (χ0v) is 18.6. The van der Waals surface area contributed by atoms with E-state index in [4.69, 9.17) is 24.1 Å². The topological polar surface area (TPSA) is 155 Å². The van der Waals surface area contributed by atoms with E-state index in [1.54, 1.807) is 18.2 Å². The number of phenols is 3. The molecule has 0 saturated carbocycles. The van der Waals surface area contributed by atoms with Gasteiger partial charge in [0.15, 0.2) is 41.3 Å². The molecule has 2 aliphatic rings. The van der Waals surface area contributed by atoms with E-state index in [-0.39, 0.29) is 41.8 Å². The Labute approximate surface area is 200 Å². The van der Waals surface area contributed by atoms with Gasteiger partial charge in [0.1, 0.15) is 29.4 Å². The van der Waals surface area contributed by atoms with Crippen molar-refractivity contribution in [3.63, 3.8) is 0 Å². The molecule has 0 saturated heterocycles. The highest BCUT2D eigenvalue weighted by Gasteiger charge is 2.33. The summed E-state index contributed by atoms with van der Waals surface area (Å²) in [6.07, 6.45) is -2.24. The van der Waals surface area contributed by atoms with Crippen LogP contribution in [0.5, 0.6) is 40.2 Å². The van der Waals surface area contributed by atoms with E-state index < -0.39 is 24.1 Å². The first kappa shape index (κ1) is 24.0. The third-order valence-electron chi connectivity index (χ3n) is 5.44. The summed E-state index contributed by atoms with van der Waals surface area (Å²) < 4.78 is 21.8. The Morgan fingerprint density at radius 3 is 2.34 bits per heavy atom. The second-order valence-corrected chi connectivity index (χ2v) is 7.78. The number of fused-ring (bicyclic) bond motifs is 2. The molecule has 10 nitrogen and oxygen atoms in total. The van der Waals surface area contributed by atoms with Gasteiger partial charge in [-0.2, -0.15) is 0 Å². The van der Waals surface area contributed by atoms with Gasteiger partial charge in [-0.05, 0) is 24.3 Å². The molecular formula is C25H24O10. The molecule has 0 fully saturated rings. The SMILES string of the molecule is COc1cc([C@@H]2Oc3ccccc3OC2CO)ccc1O.O=C1c2c(O)cc(O)cc2OCC1O. The van der Waals surface area contributed by atoms with E-state index >= 15 is 0 Å². The molecule has 0 aliphatic carbocycles. The van der Waals surface area contributed by atoms with Crippen molar-refractivity contribution in [1.82, 2.24) is 0 Å². The average molecular weight is 484 g/mol. The number of carbonyl (C=O) groups excluding carboxylic acids is 1. The molecule has 2 aliphatic heterocycles. The predicted octanol–water partition coefficient (Wildman–Crippen LogP) is 2.31. The van der Waals surface area contributed by atoms with Crippen LogP contribution in [-0.4, -0.2) is 63.8 Å². The lowest BCUT2D eigenvalue weighted by molar-refractivity contribution is -0.0124. The highest BCUT2D eigenvalue weighted by atomic mass is 16.6. The molecular weight excluding hydrogens is 460 g/mol. The highest BCUT2D eigenvalue weighted by Crippen LogP contribution is 2.41. The number of hydrogen-bond donors (Lipinski definition) is 5. The Morgan fingerprint density at radius 1 is 0.943 bits per heavy atom. The second kappa shape index (κ2) is 10.00. The summed E-state index contributed by atoms with van der Waals surface area (Å²) in [6.45, 7) is -0.336. The number of aliphatic hydroxyl groups is 2. The first-order valence-corrected chi connectivity index (χ1v) is 10.6. The number of benzene rings is 3. The molecule has 35 heavy (non-hydrogen) atoms. The molecule has 5 N–H and O–H groups in total. The van der Waals surface area contributed by atoms with Crippen molar-refractivity contribution < 1.29 is 49.3 Å². The van der Waals surface area contributed by atoms with E-state index in [2.05, 4.69) is 0 Å². The summed E-state index contributed by atoms with van der Waals surface area (Å²) in [6, 6.07) is 14.5. The van der Waals surface area contributed by atoms with Gasteiger partial charge >= 0.3 is 0 Å². The molecule has 184 valence electrons. The minimum atomic E-state index is -1.25. The van der Waals surface area contributed by atoms with Gasteiger partial charge in [0, 0.05) is 17.7 Å². The normalized spacial score (nSPS) is 20.1. The zero-order valence-electron chi connectivity index (χ0n) is 18.6. The van der Waals surface area contributed by atoms with Gasteiger partial charge in [-0.1, -0.05) is 18.2 Å². The maximum atomic E-state index is 11.4. The van der Waals surface area contributed by atoms with Gasteiger partial charge in [0.2, 0.25) is 5.78 Å². The Balaban J connectivity index is 0.000000179. The second-order valence-electron chi connectivity index (χ2n) is 7.78. The van der Waals surface area contributed by atoms with Crippen LogP contribution in [0.15, 0.2) is 54.6 Å². The molecule has 10 heteroatoms. The third-order valence-corrected chi connectivity index (χ3v) is 5.44. The summed E-state index contributed by atoms with van der Waals surface area (Å²) in [7, 11) is 1.48. The number of rotatable bonds is 3. The highest BCUT2D eigenvalue weighted by molar-refractivity contribution is 6.05. The quantitative estimate of drug-likeness (QED) is 0.374. The van der Waals surface area contributed by atoms with E-state index in [1.165, 1.54) is 19.2 Å². The maximum Gasteiger partial charge on any atom is 0.202 e. The number of phenolic OH excluding ortho intramolecular Hbond substituents is 3. The number of Topliss-reactive ketones (excluding diaryl/α,β-unsaturated/α-hetero) is 1. The van der Waals surface area contributed by atoms with Crippen molar-refractivity contribution in [2.24, 2.45) is 0 Å². The van der Waals surface area contributed by atoms with Gasteiger partial charge in [-0.25, -0.2) is 0 Å². The van der Waals surface area contributed by atoms with Crippen molar-refractivity contribution in [3.8, 4) is 40.2 Å². The Kier molecular flexibility index (Phi) is 6.85. The van der Waals surface area contributed by atoms with Crippen LogP contribution in [0, 0.1) is 0 Å². The fourth-order valence-corrected chi connectivity index (χ4v) is 3.73. The Bertz CT molecular complexity index is 1220. The van der Waals surface area contributed by atoms with Gasteiger partial charge < -0.3 is 44.5 Å². The van der Waals surface area contributed by atoms with E-state index in [0.29, 0.717) is 17.2 Å². The van der Waals surface area contributed by atoms with Crippen molar-refractivity contribution in [1.29, 1.82) is 0 Å². The van der Waals surface area contributed by atoms with Crippen molar-refractivity contribution >= 4 is 5.78 Å². The van der Waals surface area contributed by atoms with Crippen LogP contribution >= 0.6 is 0 Å². The molecule has 0 spiro atoms. The van der Waals surface area contributed by atoms with Crippen LogP contribution in [0.2, 0.25) is 0 Å². The summed E-state index contributed by atoms with van der Waals surface area (Å²) in [5, 5.41) is 46.8. The van der Waals surface area contributed by atoms with E-state index in [9.17, 15) is 25.2 Å². The number of aromatic hydroxyl groups is 3. The zero-order chi connectivity index (χ0) is 25.1. The monoisotopic (exact) mass is 484 g/mol. The van der Waals surface area contributed by atoms with Crippen LogP contribution < -0.4 is 18.9 Å². The molecule has 5 rings (SSSR count). The van der Waals surface area contributed by atoms with Crippen molar-refractivity contribution in [2.75, 3.05) is 20.3 Å². The van der Waals surface area contributed by atoms with Crippen LogP contribution in [0.4, 0.5) is 0 Å². The van der Waals surface area contributed by atoms with Gasteiger partial charge in [0.25, 0.3) is 0 Å². The van der Waals surface area contributed by atoms with Gasteiger partial charge in [-0.3, -0.25) is 4.79 Å². The standard InChI is InChI=1S/C16H16O5.C9H8O5/c1-19-14-8-10(6-7-11(14)18)16-15(9-17)20-12-4-2-3-5-13(12)21-16;10-4-1-5(11)8-7(2-4)14-3-6(12)9(8)13/h2-8,15-18H,9H2,1H3;1-2,6,10-12H,3H2/t15?,16-;/m0./s1. The molecule has 0 amide bonds. The summed E-state index contributed by atoms with van der Waals surface area (Å²) >= 11 is 0. The molecule has 2 unspecified atom stereocenters. The lowest BCUT2D eigenvalue weighted by atomic mass is 10.0. The molecule has 3 aromatic carbocycles. The predicted molar refractivity (Wildman–Crippen MR) is 122 cm³/mol. The molecule has 0 aromatic heterocycles. The van der Waals surface area contributed by atoms with Crippen LogP contribution in [-0.2, 0) is 0 Å². The fraction of sp³-hybridized carbons (Fsp3) is 0.240. The lowest BCUT2D eigenvalue weighted by Crippen LogP contribution is -2.36. The first-order valence-electron chi connectivity index (χ1n) is 10.6. The molecule has 0 radical (unpaired) electrons. The maximum absolute atomic E-state index is 11.4. The molecule has 3 atom stereocenters. The van der Waals surface area contributed by atoms with Gasteiger partial charge in [-0.15, -0.1) is 0 Å². The number of hydrogen-bond acceptors (Lipinski definition) is 10. The Hall–Kier alpha value is -4.15. The van der Waals surface area contributed by atoms with Crippen LogP contribution in [0.3, 0.4) is 0 Å².